The number of nitrogens with two attached hydrogens (primary N) is 1. The van der Waals surface area contributed by atoms with E-state index < -0.39 is 11.9 Å². The molecule has 1 aliphatic heterocycles. The number of hydrogen-bond acceptors (Lipinski definition) is 8. The van der Waals surface area contributed by atoms with Gasteiger partial charge in [-0.15, -0.1) is 0 Å². The molecule has 1 saturated heterocycles. The van der Waals surface area contributed by atoms with Gasteiger partial charge in [0, 0.05) is 43.2 Å². The highest BCUT2D eigenvalue weighted by atomic mass is 16.5. The molecule has 2 aromatic heterocycles. The summed E-state index contributed by atoms with van der Waals surface area (Å²) >= 11 is 0. The van der Waals surface area contributed by atoms with Crippen molar-refractivity contribution in [2.24, 2.45) is 11.7 Å². The van der Waals surface area contributed by atoms with E-state index in [4.69, 9.17) is 10.5 Å². The van der Waals surface area contributed by atoms with Crippen LogP contribution >= 0.6 is 0 Å². The maximum Gasteiger partial charge on any atom is 0.341 e. The summed E-state index contributed by atoms with van der Waals surface area (Å²) in [6, 6.07) is 12.4. The number of anilines is 1. The molecular weight excluding hydrogens is 498 g/mol. The summed E-state index contributed by atoms with van der Waals surface area (Å²) in [7, 11) is 0. The summed E-state index contributed by atoms with van der Waals surface area (Å²) in [4.78, 5) is 54.7. The van der Waals surface area contributed by atoms with E-state index in [9.17, 15) is 14.4 Å². The fourth-order valence-corrected chi connectivity index (χ4v) is 4.63. The van der Waals surface area contributed by atoms with Gasteiger partial charge in [0.15, 0.2) is 0 Å². The number of nitrogens with zero attached hydrogens (tertiary/aromatic N) is 4. The number of amides is 2. The highest BCUT2D eigenvalue weighted by Gasteiger charge is 2.22. The van der Waals surface area contributed by atoms with Crippen LogP contribution < -0.4 is 16.0 Å². The number of nitrogens with one attached hydrogen (secondary N) is 2. The van der Waals surface area contributed by atoms with Gasteiger partial charge in [-0.3, -0.25) is 9.59 Å². The quantitative estimate of drug-likeness (QED) is 0.295. The van der Waals surface area contributed by atoms with Crippen LogP contribution in [0.3, 0.4) is 0 Å². The predicted octanol–water partition coefficient (Wildman–Crippen LogP) is 2.94. The third kappa shape index (κ3) is 5.71. The summed E-state index contributed by atoms with van der Waals surface area (Å²) in [5.41, 5.74) is 8.74. The Bertz CT molecular complexity index is 1490. The summed E-state index contributed by atoms with van der Waals surface area (Å²) < 4.78 is 4.97. The molecule has 4 N–H and O–H groups in total. The van der Waals surface area contributed by atoms with Crippen LogP contribution in [-0.4, -0.2) is 64.0 Å². The molecule has 5 rings (SSSR count). The van der Waals surface area contributed by atoms with Crippen LogP contribution in [0.5, 0.6) is 0 Å². The van der Waals surface area contributed by atoms with Crippen molar-refractivity contribution in [3.05, 3.63) is 71.5 Å². The van der Waals surface area contributed by atoms with Gasteiger partial charge in [-0.2, -0.15) is 0 Å². The lowest BCUT2D eigenvalue weighted by Gasteiger charge is -2.32. The lowest BCUT2D eigenvalue weighted by molar-refractivity contribution is 0.0525. The molecule has 0 aliphatic carbocycles. The molecule has 0 bridgehead atoms. The highest BCUT2D eigenvalue weighted by molar-refractivity contribution is 6.04. The maximum atomic E-state index is 12.8. The van der Waals surface area contributed by atoms with Crippen molar-refractivity contribution in [3.63, 3.8) is 0 Å². The molecule has 200 valence electrons. The average molecular weight is 528 g/mol. The number of benzene rings is 2. The number of esters is 1. The zero-order valence-electron chi connectivity index (χ0n) is 21.5. The molecule has 1 fully saturated rings. The van der Waals surface area contributed by atoms with E-state index in [-0.39, 0.29) is 5.91 Å². The molecule has 11 heteroatoms. The van der Waals surface area contributed by atoms with Gasteiger partial charge in [-0.1, -0.05) is 18.2 Å². The minimum absolute atomic E-state index is 0.137. The van der Waals surface area contributed by atoms with Crippen LogP contribution in [0.25, 0.3) is 22.4 Å². The summed E-state index contributed by atoms with van der Waals surface area (Å²) in [6.07, 6.45) is 4.76. The number of rotatable bonds is 8. The summed E-state index contributed by atoms with van der Waals surface area (Å²) in [6.45, 7) is 4.17. The van der Waals surface area contributed by atoms with E-state index in [0.29, 0.717) is 53.0 Å². The SMILES string of the molecule is CCOC(=O)c1cnc(N2CCC(CNC(=O)c3ccc(-c4nc5c(C(N)=O)cccc5[nH]4)cc3)CC2)nc1. The first kappa shape index (κ1) is 25.8. The first-order chi connectivity index (χ1) is 18.9. The number of imidazole rings is 1. The van der Waals surface area contributed by atoms with Gasteiger partial charge in [0.2, 0.25) is 5.95 Å². The van der Waals surface area contributed by atoms with E-state index >= 15 is 0 Å². The molecule has 2 aromatic carbocycles. The molecule has 0 radical (unpaired) electrons. The lowest BCUT2D eigenvalue weighted by Crippen LogP contribution is -2.39. The molecular formula is C28H29N7O4. The van der Waals surface area contributed by atoms with Gasteiger partial charge in [0.1, 0.15) is 11.3 Å². The van der Waals surface area contributed by atoms with Crippen LogP contribution in [0.2, 0.25) is 0 Å². The number of hydrogen-bond donors (Lipinski definition) is 3. The Hall–Kier alpha value is -4.80. The Morgan fingerprint density at radius 1 is 1.05 bits per heavy atom. The first-order valence-electron chi connectivity index (χ1n) is 12.8. The van der Waals surface area contributed by atoms with Crippen molar-refractivity contribution in [1.29, 1.82) is 0 Å². The van der Waals surface area contributed by atoms with Crippen LogP contribution in [0.4, 0.5) is 5.95 Å². The van der Waals surface area contributed by atoms with E-state index in [1.807, 2.05) is 18.2 Å². The zero-order valence-corrected chi connectivity index (χ0v) is 21.5. The second-order valence-electron chi connectivity index (χ2n) is 9.36. The molecule has 0 unspecified atom stereocenters. The Labute approximate surface area is 224 Å². The normalized spacial score (nSPS) is 13.8. The second-order valence-corrected chi connectivity index (χ2v) is 9.36. The summed E-state index contributed by atoms with van der Waals surface area (Å²) in [5.74, 6) is 0.425. The van der Waals surface area contributed by atoms with Crippen LogP contribution in [0.1, 0.15) is 50.8 Å². The monoisotopic (exact) mass is 527 g/mol. The van der Waals surface area contributed by atoms with Crippen LogP contribution in [0, 0.1) is 5.92 Å². The average Bonchev–Trinajstić information content (AvgIpc) is 3.41. The number of carbonyl (C=O) groups excluding carboxylic acids is 3. The van der Waals surface area contributed by atoms with Crippen LogP contribution in [0.15, 0.2) is 54.9 Å². The van der Waals surface area contributed by atoms with Crippen molar-refractivity contribution in [2.75, 3.05) is 31.1 Å². The third-order valence-corrected chi connectivity index (χ3v) is 6.80. The highest BCUT2D eigenvalue weighted by Crippen LogP contribution is 2.24. The molecule has 3 heterocycles. The molecule has 11 nitrogen and oxygen atoms in total. The molecule has 0 atom stereocenters. The predicted molar refractivity (Wildman–Crippen MR) is 145 cm³/mol. The molecule has 0 saturated carbocycles. The standard InChI is InChI=1S/C28H29N7O4/c1-2-39-27(38)20-15-31-28(32-16-20)35-12-10-17(11-13-35)14-30-26(37)19-8-6-18(7-9-19)25-33-22-5-3-4-21(24(29)36)23(22)34-25/h3-9,15-17H,2,10-14H2,1H3,(H2,29,36)(H,30,37)(H,33,34). The van der Waals surface area contributed by atoms with Gasteiger partial charge >= 0.3 is 5.97 Å². The number of aromatic nitrogens is 4. The Morgan fingerprint density at radius 2 is 1.77 bits per heavy atom. The molecule has 2 amide bonds. The fraction of sp³-hybridized carbons (Fsp3) is 0.286. The first-order valence-corrected chi connectivity index (χ1v) is 12.8. The second kappa shape index (κ2) is 11.3. The van der Waals surface area contributed by atoms with Crippen molar-refractivity contribution >= 4 is 34.8 Å². The fourth-order valence-electron chi connectivity index (χ4n) is 4.63. The van der Waals surface area contributed by atoms with E-state index in [2.05, 4.69) is 30.2 Å². The number of primary amides is 1. The number of ether oxygens (including phenoxy) is 1. The Balaban J connectivity index is 1.13. The number of H-pyrrole nitrogens is 1. The Kier molecular flexibility index (Phi) is 7.48. The third-order valence-electron chi connectivity index (χ3n) is 6.80. The van der Waals surface area contributed by atoms with Crippen LogP contribution in [-0.2, 0) is 4.74 Å². The van der Waals surface area contributed by atoms with Crippen molar-refractivity contribution < 1.29 is 19.1 Å². The van der Waals surface area contributed by atoms with E-state index in [1.54, 1.807) is 31.2 Å². The number of carbonyl (C=O) groups is 3. The number of piperidine rings is 1. The van der Waals surface area contributed by atoms with E-state index in [0.717, 1.165) is 37.0 Å². The van der Waals surface area contributed by atoms with Gasteiger partial charge in [0.05, 0.1) is 23.3 Å². The number of fused-ring (bicyclic) bond motifs is 1. The van der Waals surface area contributed by atoms with Gasteiger partial charge in [-0.05, 0) is 49.9 Å². The maximum absolute atomic E-state index is 12.8. The topological polar surface area (TPSA) is 156 Å². The molecule has 4 aromatic rings. The summed E-state index contributed by atoms with van der Waals surface area (Å²) in [5, 5.41) is 3.04. The zero-order chi connectivity index (χ0) is 27.4. The Morgan fingerprint density at radius 3 is 2.44 bits per heavy atom. The van der Waals surface area contributed by atoms with Gasteiger partial charge in [0.25, 0.3) is 11.8 Å². The van der Waals surface area contributed by atoms with Crippen molar-refractivity contribution in [1.82, 2.24) is 25.3 Å². The minimum atomic E-state index is -0.533. The molecule has 0 spiro atoms. The smallest absolute Gasteiger partial charge is 0.341 e. The van der Waals surface area contributed by atoms with Crippen molar-refractivity contribution in [3.8, 4) is 11.4 Å². The van der Waals surface area contributed by atoms with Crippen molar-refractivity contribution in [2.45, 2.75) is 19.8 Å². The van der Waals surface area contributed by atoms with Gasteiger partial charge in [-0.25, -0.2) is 19.7 Å². The molecule has 39 heavy (non-hydrogen) atoms. The largest absolute Gasteiger partial charge is 0.462 e. The van der Waals surface area contributed by atoms with Gasteiger partial charge < -0.3 is 25.7 Å². The van der Waals surface area contributed by atoms with E-state index in [1.165, 1.54) is 12.4 Å². The number of aromatic amines is 1. The minimum Gasteiger partial charge on any atom is -0.462 e. The number of para-hydroxylation sites is 1. The molecule has 1 aliphatic rings. The lowest BCUT2D eigenvalue weighted by atomic mass is 9.97.